The van der Waals surface area contributed by atoms with Gasteiger partial charge in [-0.2, -0.15) is 0 Å². The summed E-state index contributed by atoms with van der Waals surface area (Å²) in [4.78, 5) is 27.9. The van der Waals surface area contributed by atoms with Crippen LogP contribution in [0.25, 0.3) is 6.08 Å². The molecule has 0 spiro atoms. The quantitative estimate of drug-likeness (QED) is 0.597. The van der Waals surface area contributed by atoms with Crippen LogP contribution in [0.4, 0.5) is 0 Å². The van der Waals surface area contributed by atoms with Crippen LogP contribution in [0, 0.1) is 0 Å². The van der Waals surface area contributed by atoms with Crippen molar-refractivity contribution >= 4 is 23.9 Å². The molecule has 0 unspecified atom stereocenters. The van der Waals surface area contributed by atoms with Crippen LogP contribution >= 0.6 is 0 Å². The molecule has 3 rings (SSSR count). The van der Waals surface area contributed by atoms with Gasteiger partial charge in [0, 0.05) is 11.6 Å². The Morgan fingerprint density at radius 1 is 1.00 bits per heavy atom. The van der Waals surface area contributed by atoms with E-state index in [1.165, 1.54) is 21.3 Å². The summed E-state index contributed by atoms with van der Waals surface area (Å²) < 4.78 is 20.4. The molecule has 0 radical (unpaired) electrons. The van der Waals surface area contributed by atoms with Crippen LogP contribution < -0.4 is 9.47 Å². The van der Waals surface area contributed by atoms with Crippen molar-refractivity contribution in [1.29, 1.82) is 0 Å². The van der Waals surface area contributed by atoms with E-state index < -0.39 is 11.9 Å². The number of hydrogen-bond acceptors (Lipinski definition) is 7. The molecule has 0 N–H and O–H groups in total. The summed E-state index contributed by atoms with van der Waals surface area (Å²) in [6.07, 6.45) is 1.58. The van der Waals surface area contributed by atoms with E-state index >= 15 is 0 Å². The summed E-state index contributed by atoms with van der Waals surface area (Å²) >= 11 is 0. The van der Waals surface area contributed by atoms with Gasteiger partial charge < -0.3 is 18.9 Å². The van der Waals surface area contributed by atoms with Gasteiger partial charge in [-0.25, -0.2) is 14.6 Å². The van der Waals surface area contributed by atoms with Gasteiger partial charge in [-0.05, 0) is 35.9 Å². The summed E-state index contributed by atoms with van der Waals surface area (Å²) in [7, 11) is 4.38. The summed E-state index contributed by atoms with van der Waals surface area (Å²) in [5.74, 6) is 0.276. The third kappa shape index (κ3) is 3.98. The minimum absolute atomic E-state index is 0.151. The van der Waals surface area contributed by atoms with Gasteiger partial charge in [0.25, 0.3) is 0 Å². The monoisotopic (exact) mass is 367 g/mol. The van der Waals surface area contributed by atoms with E-state index in [0.717, 1.165) is 0 Å². The Bertz CT molecular complexity index is 921. The van der Waals surface area contributed by atoms with Gasteiger partial charge in [-0.3, -0.25) is 0 Å². The second kappa shape index (κ2) is 7.74. The first-order chi connectivity index (χ1) is 13.0. The molecule has 27 heavy (non-hydrogen) atoms. The first-order valence-electron chi connectivity index (χ1n) is 7.98. The molecule has 0 aliphatic carbocycles. The van der Waals surface area contributed by atoms with Gasteiger partial charge in [0.2, 0.25) is 5.90 Å². The largest absolute Gasteiger partial charge is 0.497 e. The number of aliphatic imine (C=N–C) groups is 1. The van der Waals surface area contributed by atoms with Gasteiger partial charge >= 0.3 is 11.9 Å². The number of carbonyl (C=O) groups excluding carboxylic acids is 2. The fraction of sp³-hybridized carbons (Fsp3) is 0.150. The Morgan fingerprint density at radius 2 is 1.63 bits per heavy atom. The van der Waals surface area contributed by atoms with Crippen LogP contribution in [0.3, 0.4) is 0 Å². The lowest BCUT2D eigenvalue weighted by Crippen LogP contribution is -2.06. The highest BCUT2D eigenvalue weighted by Crippen LogP contribution is 2.26. The number of hydrogen-bond donors (Lipinski definition) is 0. The van der Waals surface area contributed by atoms with Gasteiger partial charge in [0.15, 0.2) is 5.70 Å². The molecule has 1 aliphatic rings. The molecule has 0 fully saturated rings. The lowest BCUT2D eigenvalue weighted by atomic mass is 10.1. The number of carbonyl (C=O) groups is 2. The number of rotatable bonds is 5. The van der Waals surface area contributed by atoms with Crippen molar-refractivity contribution in [2.45, 2.75) is 0 Å². The highest BCUT2D eigenvalue weighted by atomic mass is 16.6. The maximum absolute atomic E-state index is 12.2. The SMILES string of the molecule is COC(=O)c1ccc(/C=C2\N=C(c3cc(OC)cc(OC)c3)OC2=O)cc1. The number of ether oxygens (including phenoxy) is 4. The molecule has 2 aromatic carbocycles. The van der Waals surface area contributed by atoms with Crippen molar-refractivity contribution in [2.75, 3.05) is 21.3 Å². The van der Waals surface area contributed by atoms with E-state index in [1.807, 2.05) is 0 Å². The first kappa shape index (κ1) is 18.2. The number of nitrogens with zero attached hydrogens (tertiary/aromatic N) is 1. The molecule has 0 aromatic heterocycles. The molecule has 0 atom stereocenters. The van der Waals surface area contributed by atoms with E-state index in [1.54, 1.807) is 48.5 Å². The lowest BCUT2D eigenvalue weighted by Gasteiger charge is -2.07. The summed E-state index contributed by atoms with van der Waals surface area (Å²) in [5, 5.41) is 0. The Hall–Kier alpha value is -3.61. The first-order valence-corrected chi connectivity index (χ1v) is 7.98. The van der Waals surface area contributed by atoms with E-state index in [2.05, 4.69) is 9.73 Å². The Balaban J connectivity index is 1.90. The van der Waals surface area contributed by atoms with Crippen LogP contribution in [-0.2, 0) is 14.3 Å². The molecule has 138 valence electrons. The van der Waals surface area contributed by atoms with Crippen LogP contribution in [0.2, 0.25) is 0 Å². The Kier molecular flexibility index (Phi) is 5.21. The topological polar surface area (TPSA) is 83.4 Å². The molecular weight excluding hydrogens is 350 g/mol. The number of cyclic esters (lactones) is 1. The molecule has 7 nitrogen and oxygen atoms in total. The molecule has 1 aliphatic heterocycles. The second-order valence-corrected chi connectivity index (χ2v) is 5.55. The van der Waals surface area contributed by atoms with Gasteiger partial charge in [0.05, 0.1) is 26.9 Å². The maximum Gasteiger partial charge on any atom is 0.363 e. The van der Waals surface area contributed by atoms with Crippen molar-refractivity contribution in [1.82, 2.24) is 0 Å². The standard InChI is InChI=1S/C20H17NO6/c1-24-15-9-14(10-16(11-15)25-2)18-21-17(20(23)27-18)8-12-4-6-13(7-5-12)19(22)26-3/h4-11H,1-3H3/b17-8-. The predicted molar refractivity (Wildman–Crippen MR) is 97.9 cm³/mol. The van der Waals surface area contributed by atoms with Crippen molar-refractivity contribution in [2.24, 2.45) is 4.99 Å². The highest BCUT2D eigenvalue weighted by Gasteiger charge is 2.25. The average Bonchev–Trinajstić information content (AvgIpc) is 3.07. The van der Waals surface area contributed by atoms with Crippen LogP contribution in [-0.4, -0.2) is 39.2 Å². The van der Waals surface area contributed by atoms with Crippen molar-refractivity contribution < 1.29 is 28.5 Å². The van der Waals surface area contributed by atoms with E-state index in [0.29, 0.717) is 28.2 Å². The van der Waals surface area contributed by atoms with Crippen molar-refractivity contribution in [3.05, 3.63) is 64.9 Å². The Morgan fingerprint density at radius 3 is 2.19 bits per heavy atom. The van der Waals surface area contributed by atoms with Crippen LogP contribution in [0.5, 0.6) is 11.5 Å². The summed E-state index contributed by atoms with van der Waals surface area (Å²) in [6.45, 7) is 0. The van der Waals surface area contributed by atoms with Crippen LogP contribution in [0.15, 0.2) is 53.2 Å². The Labute approximate surface area is 155 Å². The van der Waals surface area contributed by atoms with Crippen LogP contribution in [0.1, 0.15) is 21.5 Å². The highest BCUT2D eigenvalue weighted by molar-refractivity contribution is 6.13. The average molecular weight is 367 g/mol. The lowest BCUT2D eigenvalue weighted by molar-refractivity contribution is -0.129. The zero-order chi connectivity index (χ0) is 19.4. The smallest absolute Gasteiger partial charge is 0.363 e. The fourth-order valence-electron chi connectivity index (χ4n) is 2.45. The van der Waals surface area contributed by atoms with Crippen molar-refractivity contribution in [3.63, 3.8) is 0 Å². The normalized spacial score (nSPS) is 14.6. The molecule has 0 bridgehead atoms. The molecule has 0 amide bonds. The number of methoxy groups -OCH3 is 3. The minimum atomic E-state index is -0.566. The molecule has 7 heteroatoms. The summed E-state index contributed by atoms with van der Waals surface area (Å²) in [5.41, 5.74) is 1.82. The zero-order valence-electron chi connectivity index (χ0n) is 15.0. The molecule has 1 heterocycles. The fourth-order valence-corrected chi connectivity index (χ4v) is 2.45. The van der Waals surface area contributed by atoms with E-state index in [4.69, 9.17) is 14.2 Å². The number of esters is 2. The van der Waals surface area contributed by atoms with Gasteiger partial charge in [-0.1, -0.05) is 12.1 Å². The molecular formula is C20H17NO6. The van der Waals surface area contributed by atoms with Gasteiger partial charge in [0.1, 0.15) is 11.5 Å². The zero-order valence-corrected chi connectivity index (χ0v) is 15.0. The summed E-state index contributed by atoms with van der Waals surface area (Å²) in [6, 6.07) is 11.7. The molecule has 0 saturated carbocycles. The number of benzene rings is 2. The maximum atomic E-state index is 12.2. The minimum Gasteiger partial charge on any atom is -0.497 e. The predicted octanol–water partition coefficient (Wildman–Crippen LogP) is 2.83. The molecule has 2 aromatic rings. The van der Waals surface area contributed by atoms with E-state index in [-0.39, 0.29) is 11.6 Å². The third-order valence-electron chi connectivity index (χ3n) is 3.85. The molecule has 0 saturated heterocycles. The second-order valence-electron chi connectivity index (χ2n) is 5.55. The third-order valence-corrected chi connectivity index (χ3v) is 3.85. The van der Waals surface area contributed by atoms with Crippen molar-refractivity contribution in [3.8, 4) is 11.5 Å². The van der Waals surface area contributed by atoms with Gasteiger partial charge in [-0.15, -0.1) is 0 Å². The van der Waals surface area contributed by atoms with E-state index in [9.17, 15) is 9.59 Å².